The topological polar surface area (TPSA) is 66.4 Å². The number of ketones is 1. The molecule has 4 heteroatoms. The van der Waals surface area contributed by atoms with Crippen molar-refractivity contribution in [2.24, 2.45) is 5.92 Å². The number of amides is 1. The average molecular weight is 317 g/mol. The van der Waals surface area contributed by atoms with Gasteiger partial charge in [-0.3, -0.25) is 9.59 Å². The van der Waals surface area contributed by atoms with Crippen LogP contribution in [0, 0.1) is 5.92 Å². The Labute approximate surface area is 138 Å². The summed E-state index contributed by atoms with van der Waals surface area (Å²) in [5.41, 5.74) is 1.59. The predicted molar refractivity (Wildman–Crippen MR) is 90.4 cm³/mol. The molecule has 0 unspecified atom stereocenters. The molecule has 0 radical (unpaired) electrons. The van der Waals surface area contributed by atoms with E-state index in [2.05, 4.69) is 26.1 Å². The first-order valence-electron chi connectivity index (χ1n) is 8.38. The number of hydrogen-bond donors (Lipinski definition) is 2. The molecule has 2 N–H and O–H groups in total. The van der Waals surface area contributed by atoms with Crippen LogP contribution in [0.25, 0.3) is 0 Å². The number of Topliss-reactive ketones (excluding diaryl/α,β-unsaturated/α-hetero) is 1. The van der Waals surface area contributed by atoms with Crippen molar-refractivity contribution in [3.8, 4) is 0 Å². The van der Waals surface area contributed by atoms with Crippen LogP contribution in [0.5, 0.6) is 0 Å². The smallest absolute Gasteiger partial charge is 0.292 e. The standard InChI is InChI=1S/C19H27NO3/c1-19(2,3)15-8-6-14(7-9-15)17(22)18(23)20-16-10-4-13(12-21)5-11-16/h6-9,13,16,21H,4-5,10-12H2,1-3H3,(H,20,23). The highest BCUT2D eigenvalue weighted by molar-refractivity contribution is 6.42. The first kappa shape index (κ1) is 17.7. The Kier molecular flexibility index (Phi) is 5.58. The van der Waals surface area contributed by atoms with Gasteiger partial charge in [0.05, 0.1) is 0 Å². The largest absolute Gasteiger partial charge is 0.396 e. The zero-order valence-electron chi connectivity index (χ0n) is 14.3. The first-order chi connectivity index (χ1) is 10.8. The fourth-order valence-corrected chi connectivity index (χ4v) is 2.99. The van der Waals surface area contributed by atoms with E-state index in [9.17, 15) is 9.59 Å². The summed E-state index contributed by atoms with van der Waals surface area (Å²) in [7, 11) is 0. The molecule has 0 spiro atoms. The summed E-state index contributed by atoms with van der Waals surface area (Å²) in [4.78, 5) is 24.4. The van der Waals surface area contributed by atoms with E-state index >= 15 is 0 Å². The molecule has 23 heavy (non-hydrogen) atoms. The normalized spacial score (nSPS) is 21.7. The highest BCUT2D eigenvalue weighted by atomic mass is 16.3. The minimum atomic E-state index is -0.527. The quantitative estimate of drug-likeness (QED) is 0.663. The lowest BCUT2D eigenvalue weighted by Gasteiger charge is -2.27. The van der Waals surface area contributed by atoms with Gasteiger partial charge >= 0.3 is 0 Å². The maximum Gasteiger partial charge on any atom is 0.292 e. The third kappa shape index (κ3) is 4.64. The summed E-state index contributed by atoms with van der Waals surface area (Å²) in [5.74, 6) is -0.667. The molecule has 0 aliphatic heterocycles. The summed E-state index contributed by atoms with van der Waals surface area (Å²) in [6, 6.07) is 7.32. The van der Waals surface area contributed by atoms with E-state index < -0.39 is 11.7 Å². The molecule has 1 amide bonds. The molecule has 1 aromatic rings. The Hall–Kier alpha value is -1.68. The Morgan fingerprint density at radius 3 is 2.13 bits per heavy atom. The SMILES string of the molecule is CC(C)(C)c1ccc(C(=O)C(=O)NC2CCC(CO)CC2)cc1. The van der Waals surface area contributed by atoms with E-state index in [4.69, 9.17) is 5.11 Å². The lowest BCUT2D eigenvalue weighted by Crippen LogP contribution is -2.41. The van der Waals surface area contributed by atoms with Crippen LogP contribution >= 0.6 is 0 Å². The summed E-state index contributed by atoms with van der Waals surface area (Å²) >= 11 is 0. The molecular formula is C19H27NO3. The Morgan fingerprint density at radius 1 is 1.09 bits per heavy atom. The highest BCUT2D eigenvalue weighted by Gasteiger charge is 2.25. The minimum Gasteiger partial charge on any atom is -0.396 e. The first-order valence-corrected chi connectivity index (χ1v) is 8.38. The van der Waals surface area contributed by atoms with Gasteiger partial charge in [0, 0.05) is 18.2 Å². The van der Waals surface area contributed by atoms with Crippen LogP contribution in [0.4, 0.5) is 0 Å². The molecule has 1 saturated carbocycles. The number of carbonyl (C=O) groups is 2. The van der Waals surface area contributed by atoms with Gasteiger partial charge in [0.1, 0.15) is 0 Å². The Balaban J connectivity index is 1.93. The fourth-order valence-electron chi connectivity index (χ4n) is 2.99. The monoisotopic (exact) mass is 317 g/mol. The number of hydrogen-bond acceptors (Lipinski definition) is 3. The van der Waals surface area contributed by atoms with Gasteiger partial charge in [-0.05, 0) is 42.6 Å². The minimum absolute atomic E-state index is 0.0230. The zero-order chi connectivity index (χ0) is 17.0. The van der Waals surface area contributed by atoms with Crippen LogP contribution in [0.15, 0.2) is 24.3 Å². The third-order valence-corrected chi connectivity index (χ3v) is 4.66. The number of nitrogens with one attached hydrogen (secondary N) is 1. The van der Waals surface area contributed by atoms with E-state index in [1.807, 2.05) is 12.1 Å². The second-order valence-electron chi connectivity index (χ2n) is 7.53. The summed E-state index contributed by atoms with van der Waals surface area (Å²) in [6.45, 7) is 6.54. The molecule has 1 aliphatic carbocycles. The van der Waals surface area contributed by atoms with Crippen molar-refractivity contribution in [1.29, 1.82) is 0 Å². The van der Waals surface area contributed by atoms with Gasteiger partial charge in [-0.1, -0.05) is 45.0 Å². The van der Waals surface area contributed by atoms with Gasteiger partial charge in [-0.25, -0.2) is 0 Å². The van der Waals surface area contributed by atoms with E-state index in [0.29, 0.717) is 11.5 Å². The summed E-state index contributed by atoms with van der Waals surface area (Å²) in [6.07, 6.45) is 3.45. The van der Waals surface area contributed by atoms with Gasteiger partial charge < -0.3 is 10.4 Å². The van der Waals surface area contributed by atoms with Crippen molar-refractivity contribution >= 4 is 11.7 Å². The summed E-state index contributed by atoms with van der Waals surface area (Å²) < 4.78 is 0. The lowest BCUT2D eigenvalue weighted by molar-refractivity contribution is -0.117. The van der Waals surface area contributed by atoms with Gasteiger partial charge in [0.2, 0.25) is 5.78 Å². The number of aliphatic hydroxyl groups excluding tert-OH is 1. The van der Waals surface area contributed by atoms with Crippen molar-refractivity contribution in [2.45, 2.75) is 57.9 Å². The maximum atomic E-state index is 12.2. The Morgan fingerprint density at radius 2 is 1.65 bits per heavy atom. The summed E-state index contributed by atoms with van der Waals surface area (Å²) in [5, 5.41) is 12.0. The van der Waals surface area contributed by atoms with E-state index in [-0.39, 0.29) is 18.1 Å². The molecule has 4 nitrogen and oxygen atoms in total. The van der Waals surface area contributed by atoms with Crippen LogP contribution < -0.4 is 5.32 Å². The average Bonchev–Trinajstić information content (AvgIpc) is 2.54. The third-order valence-electron chi connectivity index (χ3n) is 4.66. The Bertz CT molecular complexity index is 549. The molecule has 0 heterocycles. The molecule has 126 valence electrons. The predicted octanol–water partition coefficient (Wildman–Crippen LogP) is 2.83. The van der Waals surface area contributed by atoms with Crippen molar-refractivity contribution in [3.63, 3.8) is 0 Å². The molecule has 0 aromatic heterocycles. The second kappa shape index (κ2) is 7.26. The van der Waals surface area contributed by atoms with Crippen molar-refractivity contribution < 1.29 is 14.7 Å². The van der Waals surface area contributed by atoms with Crippen molar-refractivity contribution in [3.05, 3.63) is 35.4 Å². The molecule has 0 saturated heterocycles. The molecule has 1 fully saturated rings. The molecule has 2 rings (SSSR count). The van der Waals surface area contributed by atoms with Crippen LogP contribution in [0.1, 0.15) is 62.4 Å². The van der Waals surface area contributed by atoms with Crippen LogP contribution in [0.2, 0.25) is 0 Å². The number of carbonyl (C=O) groups excluding carboxylic acids is 2. The van der Waals surface area contributed by atoms with E-state index in [1.165, 1.54) is 0 Å². The molecule has 1 aromatic carbocycles. The molecule has 0 bridgehead atoms. The number of rotatable bonds is 4. The number of benzene rings is 1. The van der Waals surface area contributed by atoms with E-state index in [1.54, 1.807) is 12.1 Å². The van der Waals surface area contributed by atoms with Gasteiger partial charge in [-0.15, -0.1) is 0 Å². The van der Waals surface area contributed by atoms with E-state index in [0.717, 1.165) is 31.2 Å². The lowest BCUT2D eigenvalue weighted by atomic mass is 9.86. The maximum absolute atomic E-state index is 12.2. The van der Waals surface area contributed by atoms with Gasteiger partial charge in [0.15, 0.2) is 0 Å². The van der Waals surface area contributed by atoms with Gasteiger partial charge in [0.25, 0.3) is 5.91 Å². The molecule has 1 aliphatic rings. The van der Waals surface area contributed by atoms with Crippen LogP contribution in [-0.2, 0) is 10.2 Å². The van der Waals surface area contributed by atoms with Crippen molar-refractivity contribution in [2.75, 3.05) is 6.61 Å². The molecular weight excluding hydrogens is 290 g/mol. The number of aliphatic hydroxyl groups is 1. The van der Waals surface area contributed by atoms with Crippen LogP contribution in [-0.4, -0.2) is 29.4 Å². The zero-order valence-corrected chi connectivity index (χ0v) is 14.3. The fraction of sp³-hybridized carbons (Fsp3) is 0.579. The van der Waals surface area contributed by atoms with Crippen molar-refractivity contribution in [1.82, 2.24) is 5.32 Å². The van der Waals surface area contributed by atoms with Gasteiger partial charge in [-0.2, -0.15) is 0 Å². The molecule has 0 atom stereocenters. The van der Waals surface area contributed by atoms with Crippen LogP contribution in [0.3, 0.4) is 0 Å². The highest BCUT2D eigenvalue weighted by Crippen LogP contribution is 2.24. The second-order valence-corrected chi connectivity index (χ2v) is 7.53.